The monoisotopic (exact) mass is 233 g/mol. The highest BCUT2D eigenvalue weighted by molar-refractivity contribution is 5.25. The number of rotatable bonds is 4. The Morgan fingerprint density at radius 3 is 2.88 bits per heavy atom. The van der Waals surface area contributed by atoms with Crippen LogP contribution in [0.25, 0.3) is 0 Å². The zero-order valence-electron chi connectivity index (χ0n) is 10.9. The second kappa shape index (κ2) is 6.18. The molecular formula is C15H23NO. The lowest BCUT2D eigenvalue weighted by Gasteiger charge is -2.29. The van der Waals surface area contributed by atoms with Crippen molar-refractivity contribution in [1.29, 1.82) is 0 Å². The minimum Gasteiger partial charge on any atom is -0.381 e. The Hall–Kier alpha value is -0.860. The van der Waals surface area contributed by atoms with Gasteiger partial charge < -0.3 is 10.1 Å². The Morgan fingerprint density at radius 2 is 2.12 bits per heavy atom. The molecule has 0 bridgehead atoms. The van der Waals surface area contributed by atoms with Crippen molar-refractivity contribution in [3.8, 4) is 0 Å². The van der Waals surface area contributed by atoms with E-state index in [4.69, 9.17) is 4.74 Å². The summed E-state index contributed by atoms with van der Waals surface area (Å²) >= 11 is 0. The van der Waals surface area contributed by atoms with Crippen LogP contribution < -0.4 is 5.32 Å². The maximum Gasteiger partial charge on any atom is 0.0586 e. The summed E-state index contributed by atoms with van der Waals surface area (Å²) in [6.45, 7) is 3.16. The third kappa shape index (κ3) is 3.55. The van der Waals surface area contributed by atoms with Gasteiger partial charge in [-0.1, -0.05) is 24.3 Å². The maximum absolute atomic E-state index is 5.46. The second-order valence-corrected chi connectivity index (χ2v) is 5.03. The number of ether oxygens (including phenoxy) is 1. The molecule has 0 aliphatic heterocycles. The quantitative estimate of drug-likeness (QED) is 0.863. The third-order valence-electron chi connectivity index (χ3n) is 3.80. The molecule has 1 N–H and O–H groups in total. The number of methoxy groups -OCH3 is 1. The van der Waals surface area contributed by atoms with Crippen LogP contribution in [0.15, 0.2) is 24.3 Å². The fourth-order valence-electron chi connectivity index (χ4n) is 2.61. The molecule has 2 heteroatoms. The topological polar surface area (TPSA) is 21.3 Å². The Kier molecular flexibility index (Phi) is 4.57. The third-order valence-corrected chi connectivity index (χ3v) is 3.80. The van der Waals surface area contributed by atoms with Gasteiger partial charge in [-0.25, -0.2) is 0 Å². The first-order valence-corrected chi connectivity index (χ1v) is 6.60. The number of nitrogens with one attached hydrogen (secondary N) is 1. The van der Waals surface area contributed by atoms with Crippen molar-refractivity contribution in [3.05, 3.63) is 35.4 Å². The maximum atomic E-state index is 5.46. The molecule has 0 heterocycles. The van der Waals surface area contributed by atoms with Crippen LogP contribution >= 0.6 is 0 Å². The molecule has 2 atom stereocenters. The molecule has 1 fully saturated rings. The van der Waals surface area contributed by atoms with Gasteiger partial charge in [0.15, 0.2) is 0 Å². The Morgan fingerprint density at radius 1 is 1.29 bits per heavy atom. The van der Waals surface area contributed by atoms with Gasteiger partial charge in [-0.2, -0.15) is 0 Å². The van der Waals surface area contributed by atoms with Gasteiger partial charge in [-0.05, 0) is 43.7 Å². The van der Waals surface area contributed by atoms with E-state index in [1.165, 1.54) is 30.4 Å². The lowest BCUT2D eigenvalue weighted by molar-refractivity contribution is 0.0586. The fourth-order valence-corrected chi connectivity index (χ4v) is 2.61. The van der Waals surface area contributed by atoms with E-state index in [1.807, 2.05) is 7.11 Å². The van der Waals surface area contributed by atoms with Crippen LogP contribution in [0.3, 0.4) is 0 Å². The van der Waals surface area contributed by atoms with E-state index in [9.17, 15) is 0 Å². The van der Waals surface area contributed by atoms with Crippen molar-refractivity contribution in [1.82, 2.24) is 5.32 Å². The minimum atomic E-state index is 0.457. The molecule has 1 aliphatic rings. The van der Waals surface area contributed by atoms with Crippen molar-refractivity contribution in [2.45, 2.75) is 51.3 Å². The van der Waals surface area contributed by atoms with Crippen LogP contribution in [-0.4, -0.2) is 19.3 Å². The normalized spacial score (nSPS) is 24.8. The average molecular weight is 233 g/mol. The highest BCUT2D eigenvalue weighted by Gasteiger charge is 2.20. The van der Waals surface area contributed by atoms with E-state index in [1.54, 1.807) is 0 Å². The van der Waals surface area contributed by atoms with Crippen molar-refractivity contribution in [2.75, 3.05) is 7.11 Å². The van der Waals surface area contributed by atoms with Crippen molar-refractivity contribution >= 4 is 0 Å². The summed E-state index contributed by atoms with van der Waals surface area (Å²) in [7, 11) is 1.83. The average Bonchev–Trinajstić information content (AvgIpc) is 2.38. The van der Waals surface area contributed by atoms with Crippen molar-refractivity contribution in [3.63, 3.8) is 0 Å². The molecular weight excluding hydrogens is 210 g/mol. The molecule has 1 aromatic rings. The summed E-state index contributed by atoms with van der Waals surface area (Å²) in [5, 5.41) is 3.66. The summed E-state index contributed by atoms with van der Waals surface area (Å²) < 4.78 is 5.46. The van der Waals surface area contributed by atoms with Crippen LogP contribution in [-0.2, 0) is 11.3 Å². The summed E-state index contributed by atoms with van der Waals surface area (Å²) in [5.41, 5.74) is 2.78. The molecule has 1 aromatic carbocycles. The van der Waals surface area contributed by atoms with Gasteiger partial charge in [-0.15, -0.1) is 0 Å². The first-order chi connectivity index (χ1) is 8.29. The molecule has 2 rings (SSSR count). The molecule has 0 amide bonds. The zero-order chi connectivity index (χ0) is 12.1. The lowest BCUT2D eigenvalue weighted by Crippen LogP contribution is -2.36. The smallest absolute Gasteiger partial charge is 0.0586 e. The van der Waals surface area contributed by atoms with Crippen LogP contribution in [0.1, 0.15) is 36.8 Å². The minimum absolute atomic E-state index is 0.457. The molecule has 2 nitrogen and oxygen atoms in total. The molecule has 0 aromatic heterocycles. The second-order valence-electron chi connectivity index (χ2n) is 5.03. The molecule has 1 aliphatic carbocycles. The van der Waals surface area contributed by atoms with Crippen molar-refractivity contribution in [2.24, 2.45) is 0 Å². The molecule has 17 heavy (non-hydrogen) atoms. The van der Waals surface area contributed by atoms with Gasteiger partial charge in [0, 0.05) is 19.7 Å². The summed E-state index contributed by atoms with van der Waals surface area (Å²) in [5.74, 6) is 0. The molecule has 0 radical (unpaired) electrons. The Balaban J connectivity index is 1.84. The van der Waals surface area contributed by atoms with Gasteiger partial charge in [-0.3, -0.25) is 0 Å². The van der Waals surface area contributed by atoms with E-state index < -0.39 is 0 Å². The van der Waals surface area contributed by atoms with Gasteiger partial charge >= 0.3 is 0 Å². The lowest BCUT2D eigenvalue weighted by atomic mass is 9.92. The summed E-state index contributed by atoms with van der Waals surface area (Å²) in [4.78, 5) is 0. The first kappa shape index (κ1) is 12.6. The fraction of sp³-hybridized carbons (Fsp3) is 0.600. The predicted octanol–water partition coefficient (Wildman–Crippen LogP) is 3.04. The number of benzene rings is 1. The molecule has 94 valence electrons. The van der Waals surface area contributed by atoms with Gasteiger partial charge in [0.1, 0.15) is 0 Å². The van der Waals surface area contributed by atoms with Gasteiger partial charge in [0.25, 0.3) is 0 Å². The van der Waals surface area contributed by atoms with Gasteiger partial charge in [0.05, 0.1) is 6.10 Å². The van der Waals surface area contributed by atoms with E-state index in [0.29, 0.717) is 12.1 Å². The molecule has 0 spiro atoms. The van der Waals surface area contributed by atoms with E-state index in [2.05, 4.69) is 36.5 Å². The zero-order valence-corrected chi connectivity index (χ0v) is 10.9. The Labute approximate surface area is 104 Å². The number of hydrogen-bond acceptors (Lipinski definition) is 2. The van der Waals surface area contributed by atoms with E-state index in [0.717, 1.165) is 13.0 Å². The largest absolute Gasteiger partial charge is 0.381 e. The van der Waals surface area contributed by atoms with Crippen LogP contribution in [0.2, 0.25) is 0 Å². The highest BCUT2D eigenvalue weighted by Crippen LogP contribution is 2.21. The summed E-state index contributed by atoms with van der Waals surface area (Å²) in [6, 6.07) is 9.21. The number of aryl methyl sites for hydroxylation is 1. The standard InChI is InChI=1S/C15H23NO/c1-12-6-3-4-7-13(12)11-16-14-8-5-9-15(10-14)17-2/h3-4,6-7,14-16H,5,8-11H2,1-2H3. The van der Waals surface area contributed by atoms with Crippen molar-refractivity contribution < 1.29 is 4.74 Å². The molecule has 0 saturated heterocycles. The molecule has 1 saturated carbocycles. The van der Waals surface area contributed by atoms with Gasteiger partial charge in [0.2, 0.25) is 0 Å². The summed E-state index contributed by atoms with van der Waals surface area (Å²) in [6.07, 6.45) is 5.40. The van der Waals surface area contributed by atoms with E-state index >= 15 is 0 Å². The van der Waals surface area contributed by atoms with E-state index in [-0.39, 0.29) is 0 Å². The molecule has 2 unspecified atom stereocenters. The van der Waals surface area contributed by atoms with Crippen LogP contribution in [0, 0.1) is 6.92 Å². The van der Waals surface area contributed by atoms with Crippen LogP contribution in [0.4, 0.5) is 0 Å². The SMILES string of the molecule is COC1CCCC(NCc2ccccc2C)C1. The highest BCUT2D eigenvalue weighted by atomic mass is 16.5. The predicted molar refractivity (Wildman–Crippen MR) is 71.1 cm³/mol. The first-order valence-electron chi connectivity index (χ1n) is 6.60. The van der Waals surface area contributed by atoms with Crippen LogP contribution in [0.5, 0.6) is 0 Å². The number of hydrogen-bond donors (Lipinski definition) is 1. The Bertz CT molecular complexity index is 351.